The molecule has 0 aliphatic rings. The van der Waals surface area contributed by atoms with Crippen molar-refractivity contribution in [1.29, 1.82) is 0 Å². The second kappa shape index (κ2) is 6.68. The summed E-state index contributed by atoms with van der Waals surface area (Å²) in [5.41, 5.74) is 0. The van der Waals surface area contributed by atoms with Gasteiger partial charge in [0.15, 0.2) is 5.78 Å². The quantitative estimate of drug-likeness (QED) is 0.821. The minimum atomic E-state index is 0.159. The van der Waals surface area contributed by atoms with Crippen LogP contribution >= 0.6 is 39.0 Å². The number of ketones is 1. The van der Waals surface area contributed by atoms with Crippen LogP contribution in [-0.2, 0) is 0 Å². The third-order valence-corrected chi connectivity index (χ3v) is 4.97. The van der Waals surface area contributed by atoms with Crippen molar-refractivity contribution in [1.82, 2.24) is 0 Å². The molecular formula is C10H13BrO2S2. The summed E-state index contributed by atoms with van der Waals surface area (Å²) in [5.74, 6) is 1.73. The first-order chi connectivity index (χ1) is 7.15. The molecule has 0 saturated heterocycles. The van der Waals surface area contributed by atoms with E-state index >= 15 is 0 Å². The maximum Gasteiger partial charge on any atom is 0.183 e. The lowest BCUT2D eigenvalue weighted by Gasteiger charge is -2.05. The molecule has 1 aromatic heterocycles. The molecule has 1 aromatic rings. The van der Waals surface area contributed by atoms with E-state index in [2.05, 4.69) is 15.9 Å². The van der Waals surface area contributed by atoms with Gasteiger partial charge in [-0.05, 0) is 39.0 Å². The summed E-state index contributed by atoms with van der Waals surface area (Å²) in [6.45, 7) is 2.16. The zero-order valence-electron chi connectivity index (χ0n) is 8.40. The first kappa shape index (κ1) is 13.2. The Hall–Kier alpha value is 0.160. The van der Waals surface area contributed by atoms with Crippen molar-refractivity contribution in [2.75, 3.05) is 18.1 Å². The molecule has 0 bridgehead atoms. The van der Waals surface area contributed by atoms with Crippen LogP contribution in [0.1, 0.15) is 16.6 Å². The smallest absolute Gasteiger partial charge is 0.183 e. The Kier molecular flexibility index (Phi) is 5.89. The fraction of sp³-hybridized carbons (Fsp3) is 0.500. The molecule has 0 radical (unpaired) electrons. The number of thioether (sulfide) groups is 1. The van der Waals surface area contributed by atoms with Crippen LogP contribution in [0.25, 0.3) is 0 Å². The van der Waals surface area contributed by atoms with Gasteiger partial charge < -0.3 is 5.11 Å². The molecule has 1 atom stereocenters. The Morgan fingerprint density at radius 3 is 3.00 bits per heavy atom. The third-order valence-electron chi connectivity index (χ3n) is 1.82. The molecule has 0 aromatic carbocycles. The minimum Gasteiger partial charge on any atom is -0.396 e. The molecule has 0 aliphatic heterocycles. The minimum absolute atomic E-state index is 0.159. The Balaban J connectivity index is 2.34. The molecule has 1 heterocycles. The van der Waals surface area contributed by atoms with Crippen molar-refractivity contribution in [3.05, 3.63) is 20.8 Å². The highest BCUT2D eigenvalue weighted by Gasteiger charge is 2.11. The number of thiophene rings is 1. The molecule has 1 unspecified atom stereocenters. The first-order valence-corrected chi connectivity index (χ1v) is 7.42. The van der Waals surface area contributed by atoms with Crippen molar-refractivity contribution in [3.8, 4) is 0 Å². The number of aliphatic hydroxyl groups is 1. The predicted octanol–water partition coefficient (Wildman–Crippen LogP) is 3.05. The molecule has 1 rings (SSSR count). The van der Waals surface area contributed by atoms with Crippen LogP contribution < -0.4 is 0 Å². The standard InChI is InChI=1S/C10H13BrO2S2/c1-7(4-12)5-14-6-9(13)10-8(11)2-3-15-10/h2-3,7,12H,4-6H2,1H3. The molecule has 0 spiro atoms. The molecule has 84 valence electrons. The summed E-state index contributed by atoms with van der Waals surface area (Å²) in [4.78, 5) is 12.5. The van der Waals surface area contributed by atoms with Gasteiger partial charge in [-0.2, -0.15) is 11.8 Å². The molecule has 0 fully saturated rings. The molecule has 15 heavy (non-hydrogen) atoms. The monoisotopic (exact) mass is 308 g/mol. The number of carbonyl (C=O) groups excluding carboxylic acids is 1. The molecule has 5 heteroatoms. The number of rotatable bonds is 6. The second-order valence-corrected chi connectivity index (χ2v) is 6.12. The number of halogens is 1. The van der Waals surface area contributed by atoms with E-state index in [4.69, 9.17) is 5.11 Å². The van der Waals surface area contributed by atoms with Crippen LogP contribution in [0.15, 0.2) is 15.9 Å². The lowest BCUT2D eigenvalue weighted by molar-refractivity contribution is 0.102. The van der Waals surface area contributed by atoms with E-state index < -0.39 is 0 Å². The van der Waals surface area contributed by atoms with Crippen molar-refractivity contribution >= 4 is 44.8 Å². The molecular weight excluding hydrogens is 296 g/mol. The molecule has 1 N–H and O–H groups in total. The maximum absolute atomic E-state index is 11.7. The molecule has 2 nitrogen and oxygen atoms in total. The lowest BCUT2D eigenvalue weighted by atomic mass is 10.2. The highest BCUT2D eigenvalue weighted by molar-refractivity contribution is 9.10. The van der Waals surface area contributed by atoms with E-state index in [0.717, 1.165) is 15.1 Å². The summed E-state index contributed by atoms with van der Waals surface area (Å²) in [6.07, 6.45) is 0. The first-order valence-electron chi connectivity index (χ1n) is 4.60. The molecule has 0 amide bonds. The summed E-state index contributed by atoms with van der Waals surface area (Å²) in [6, 6.07) is 1.89. The highest BCUT2D eigenvalue weighted by Crippen LogP contribution is 2.24. The van der Waals surface area contributed by atoms with E-state index in [1.54, 1.807) is 11.8 Å². The van der Waals surface area contributed by atoms with Gasteiger partial charge in [-0.15, -0.1) is 11.3 Å². The average molecular weight is 309 g/mol. The number of hydrogen-bond donors (Lipinski definition) is 1. The van der Waals surface area contributed by atoms with E-state index in [9.17, 15) is 4.79 Å². The maximum atomic E-state index is 11.7. The van der Waals surface area contributed by atoms with Crippen LogP contribution in [0.5, 0.6) is 0 Å². The summed E-state index contributed by atoms with van der Waals surface area (Å²) in [7, 11) is 0. The predicted molar refractivity (Wildman–Crippen MR) is 69.9 cm³/mol. The Labute approximate surface area is 106 Å². The molecule has 0 aliphatic carbocycles. The van der Waals surface area contributed by atoms with Gasteiger partial charge in [0, 0.05) is 11.1 Å². The van der Waals surface area contributed by atoms with Crippen LogP contribution in [0.2, 0.25) is 0 Å². The highest BCUT2D eigenvalue weighted by atomic mass is 79.9. The topological polar surface area (TPSA) is 37.3 Å². The van der Waals surface area contributed by atoms with Crippen molar-refractivity contribution < 1.29 is 9.90 Å². The Morgan fingerprint density at radius 1 is 1.73 bits per heavy atom. The van der Waals surface area contributed by atoms with E-state index in [1.165, 1.54) is 11.3 Å². The van der Waals surface area contributed by atoms with Crippen LogP contribution in [-0.4, -0.2) is 29.0 Å². The van der Waals surface area contributed by atoms with Gasteiger partial charge in [-0.25, -0.2) is 0 Å². The Bertz CT molecular complexity index is 325. The number of Topliss-reactive ketones (excluding diaryl/α,β-unsaturated/α-hetero) is 1. The van der Waals surface area contributed by atoms with Gasteiger partial charge in [-0.3, -0.25) is 4.79 Å². The normalized spacial score (nSPS) is 12.7. The fourth-order valence-electron chi connectivity index (χ4n) is 0.964. The summed E-state index contributed by atoms with van der Waals surface area (Å²) >= 11 is 6.38. The van der Waals surface area contributed by atoms with Gasteiger partial charge in [-0.1, -0.05) is 6.92 Å². The lowest BCUT2D eigenvalue weighted by Crippen LogP contribution is -2.07. The number of aliphatic hydroxyl groups excluding tert-OH is 1. The van der Waals surface area contributed by atoms with E-state index in [-0.39, 0.29) is 18.3 Å². The van der Waals surface area contributed by atoms with Crippen molar-refractivity contribution in [2.24, 2.45) is 5.92 Å². The largest absolute Gasteiger partial charge is 0.396 e. The van der Waals surface area contributed by atoms with E-state index in [1.807, 2.05) is 18.4 Å². The van der Waals surface area contributed by atoms with Gasteiger partial charge in [0.1, 0.15) is 0 Å². The van der Waals surface area contributed by atoms with Crippen LogP contribution in [0.3, 0.4) is 0 Å². The average Bonchev–Trinajstić information content (AvgIpc) is 2.64. The summed E-state index contributed by atoms with van der Waals surface area (Å²) < 4.78 is 0.883. The van der Waals surface area contributed by atoms with Gasteiger partial charge >= 0.3 is 0 Å². The third kappa shape index (κ3) is 4.26. The zero-order chi connectivity index (χ0) is 11.3. The second-order valence-electron chi connectivity index (χ2n) is 3.32. The fourth-order valence-corrected chi connectivity index (χ4v) is 3.54. The van der Waals surface area contributed by atoms with Crippen LogP contribution in [0, 0.1) is 5.92 Å². The number of hydrogen-bond acceptors (Lipinski definition) is 4. The van der Waals surface area contributed by atoms with Gasteiger partial charge in [0.2, 0.25) is 0 Å². The van der Waals surface area contributed by atoms with Gasteiger partial charge in [0.05, 0.1) is 10.6 Å². The Morgan fingerprint density at radius 2 is 2.47 bits per heavy atom. The summed E-state index contributed by atoms with van der Waals surface area (Å²) in [5, 5.41) is 10.7. The number of carbonyl (C=O) groups is 1. The van der Waals surface area contributed by atoms with E-state index in [0.29, 0.717) is 5.75 Å². The van der Waals surface area contributed by atoms with Gasteiger partial charge in [0.25, 0.3) is 0 Å². The van der Waals surface area contributed by atoms with Crippen molar-refractivity contribution in [2.45, 2.75) is 6.92 Å². The van der Waals surface area contributed by atoms with Crippen molar-refractivity contribution in [3.63, 3.8) is 0 Å². The van der Waals surface area contributed by atoms with Crippen LogP contribution in [0.4, 0.5) is 0 Å². The zero-order valence-corrected chi connectivity index (χ0v) is 11.6. The SMILES string of the molecule is CC(CO)CSCC(=O)c1sccc1Br. The molecule has 0 saturated carbocycles.